The van der Waals surface area contributed by atoms with Gasteiger partial charge in [0, 0.05) is 11.8 Å². The van der Waals surface area contributed by atoms with E-state index in [0.29, 0.717) is 6.08 Å². The van der Waals surface area contributed by atoms with Gasteiger partial charge in [0.15, 0.2) is 0 Å². The molecule has 0 saturated heterocycles. The van der Waals surface area contributed by atoms with Crippen molar-refractivity contribution in [3.63, 3.8) is 0 Å². The molecule has 0 heterocycles. The summed E-state index contributed by atoms with van der Waals surface area (Å²) >= 11 is 0. The second-order valence-electron chi connectivity index (χ2n) is 4.79. The molecule has 2 bridgehead atoms. The normalized spacial score (nSPS) is 35.5. The zero-order chi connectivity index (χ0) is 16.5. The van der Waals surface area contributed by atoms with E-state index in [4.69, 9.17) is 0 Å². The molecular formula is C10H6F10O. The Kier molecular flexibility index (Phi) is 3.16. The quantitative estimate of drug-likeness (QED) is 0.553. The van der Waals surface area contributed by atoms with Crippen LogP contribution in [0.15, 0.2) is 12.2 Å². The van der Waals surface area contributed by atoms with E-state index >= 15 is 0 Å². The van der Waals surface area contributed by atoms with E-state index in [1.807, 2.05) is 0 Å². The molecule has 1 nitrogen and oxygen atoms in total. The Morgan fingerprint density at radius 1 is 0.857 bits per heavy atom. The fourth-order valence-corrected chi connectivity index (χ4v) is 2.30. The van der Waals surface area contributed by atoms with Gasteiger partial charge in [-0.2, -0.15) is 39.5 Å². The molecule has 21 heavy (non-hydrogen) atoms. The van der Waals surface area contributed by atoms with Gasteiger partial charge >= 0.3 is 24.1 Å². The summed E-state index contributed by atoms with van der Waals surface area (Å²) in [5.41, 5.74) is 0. The van der Waals surface area contributed by atoms with Crippen molar-refractivity contribution >= 4 is 0 Å². The third-order valence-electron chi connectivity index (χ3n) is 3.48. The van der Waals surface area contributed by atoms with Gasteiger partial charge in [-0.05, 0) is 6.42 Å². The lowest BCUT2D eigenvalue weighted by atomic mass is 9.97. The number of ether oxygens (including phenoxy) is 1. The topological polar surface area (TPSA) is 9.23 Å². The largest absolute Gasteiger partial charge is 0.462 e. The summed E-state index contributed by atoms with van der Waals surface area (Å²) in [4.78, 5) is 0. The van der Waals surface area contributed by atoms with Gasteiger partial charge in [-0.15, -0.1) is 0 Å². The highest BCUT2D eigenvalue weighted by atomic mass is 19.4. The predicted octanol–water partition coefficient (Wildman–Crippen LogP) is 4.30. The predicted molar refractivity (Wildman–Crippen MR) is 46.6 cm³/mol. The van der Waals surface area contributed by atoms with Crippen molar-refractivity contribution in [1.29, 1.82) is 0 Å². The van der Waals surface area contributed by atoms with E-state index < -0.39 is 48.2 Å². The Labute approximate surface area is 110 Å². The first-order valence-corrected chi connectivity index (χ1v) is 5.44. The van der Waals surface area contributed by atoms with Crippen LogP contribution < -0.4 is 0 Å². The molecule has 3 atom stereocenters. The molecule has 0 aromatic heterocycles. The van der Waals surface area contributed by atoms with Gasteiger partial charge in [-0.25, -0.2) is 4.39 Å². The maximum Gasteiger partial charge on any atom is 0.462 e. The van der Waals surface area contributed by atoms with E-state index in [2.05, 4.69) is 4.74 Å². The molecule has 0 aromatic rings. The summed E-state index contributed by atoms with van der Waals surface area (Å²) in [5, 5.41) is 0. The molecular weight excluding hydrogens is 326 g/mol. The molecule has 2 aliphatic rings. The van der Waals surface area contributed by atoms with Crippen molar-refractivity contribution in [2.45, 2.75) is 36.4 Å². The fourth-order valence-electron chi connectivity index (χ4n) is 2.30. The second kappa shape index (κ2) is 4.05. The summed E-state index contributed by atoms with van der Waals surface area (Å²) < 4.78 is 130. The van der Waals surface area contributed by atoms with Gasteiger partial charge in [0.05, 0.1) is 0 Å². The number of hydrogen-bond acceptors (Lipinski definition) is 1. The van der Waals surface area contributed by atoms with Crippen LogP contribution in [-0.4, -0.2) is 30.0 Å². The van der Waals surface area contributed by atoms with E-state index in [1.165, 1.54) is 0 Å². The molecule has 2 rings (SSSR count). The molecule has 0 radical (unpaired) electrons. The standard InChI is InChI=1S/C10H6F10O/c11-6(12)4-1-2-5(3-4)7(6,13)21-10(19,20)8(14,15)9(16,17)18/h1-2,4-5H,3H2. The molecule has 122 valence electrons. The monoisotopic (exact) mass is 332 g/mol. The van der Waals surface area contributed by atoms with Crippen LogP contribution in [0.2, 0.25) is 0 Å². The average Bonchev–Trinajstić information content (AvgIpc) is 2.80. The first-order chi connectivity index (χ1) is 9.17. The number of fused-ring (bicyclic) bond motifs is 2. The summed E-state index contributed by atoms with van der Waals surface area (Å²) in [5.74, 6) is -20.0. The van der Waals surface area contributed by atoms with E-state index in [-0.39, 0.29) is 0 Å². The summed E-state index contributed by atoms with van der Waals surface area (Å²) in [7, 11) is 0. The van der Waals surface area contributed by atoms with E-state index in [9.17, 15) is 43.9 Å². The zero-order valence-corrected chi connectivity index (χ0v) is 9.70. The Bertz CT molecular complexity index is 467. The molecule has 0 spiro atoms. The van der Waals surface area contributed by atoms with Crippen LogP contribution in [0.4, 0.5) is 43.9 Å². The van der Waals surface area contributed by atoms with Crippen LogP contribution in [0.1, 0.15) is 6.42 Å². The molecule has 1 saturated carbocycles. The molecule has 3 unspecified atom stereocenters. The smallest absolute Gasteiger partial charge is 0.271 e. The highest BCUT2D eigenvalue weighted by Crippen LogP contribution is 2.61. The van der Waals surface area contributed by atoms with Crippen molar-refractivity contribution in [1.82, 2.24) is 0 Å². The SMILES string of the molecule is FC(F)(F)C(F)(F)C(F)(F)OC1(F)C2C=CC(C2)C1(F)F. The lowest BCUT2D eigenvalue weighted by molar-refractivity contribution is -0.474. The van der Waals surface area contributed by atoms with Crippen LogP contribution in [0.3, 0.4) is 0 Å². The van der Waals surface area contributed by atoms with Gasteiger partial charge in [0.1, 0.15) is 0 Å². The van der Waals surface area contributed by atoms with Crippen LogP contribution >= 0.6 is 0 Å². The van der Waals surface area contributed by atoms with Crippen LogP contribution in [0.5, 0.6) is 0 Å². The lowest BCUT2D eigenvalue weighted by Crippen LogP contribution is -2.60. The third-order valence-corrected chi connectivity index (χ3v) is 3.48. The van der Waals surface area contributed by atoms with Crippen LogP contribution in [0, 0.1) is 11.8 Å². The summed E-state index contributed by atoms with van der Waals surface area (Å²) in [6.45, 7) is 0. The number of allylic oxidation sites excluding steroid dienone is 1. The fraction of sp³-hybridized carbons (Fsp3) is 0.800. The van der Waals surface area contributed by atoms with E-state index in [1.54, 1.807) is 0 Å². The molecule has 0 aromatic carbocycles. The first kappa shape index (κ1) is 16.4. The van der Waals surface area contributed by atoms with Gasteiger partial charge in [0.25, 0.3) is 5.85 Å². The Balaban J connectivity index is 2.35. The molecule has 1 fully saturated rings. The molecule has 0 N–H and O–H groups in total. The Hall–Kier alpha value is -1.00. The number of alkyl halides is 10. The van der Waals surface area contributed by atoms with Crippen molar-refractivity contribution in [3.8, 4) is 0 Å². The Morgan fingerprint density at radius 3 is 1.71 bits per heavy atom. The summed E-state index contributed by atoms with van der Waals surface area (Å²) in [6.07, 6.45) is -12.6. The molecule has 11 heteroatoms. The molecule has 2 aliphatic carbocycles. The Morgan fingerprint density at radius 2 is 1.33 bits per heavy atom. The van der Waals surface area contributed by atoms with Crippen LogP contribution in [0.25, 0.3) is 0 Å². The zero-order valence-electron chi connectivity index (χ0n) is 9.70. The van der Waals surface area contributed by atoms with Crippen LogP contribution in [-0.2, 0) is 4.74 Å². The minimum atomic E-state index is -6.82. The highest BCUT2D eigenvalue weighted by Gasteiger charge is 2.81. The van der Waals surface area contributed by atoms with Crippen molar-refractivity contribution < 1.29 is 48.6 Å². The lowest BCUT2D eigenvalue weighted by Gasteiger charge is -2.38. The number of halogens is 10. The van der Waals surface area contributed by atoms with Crippen molar-refractivity contribution in [3.05, 3.63) is 12.2 Å². The van der Waals surface area contributed by atoms with Gasteiger partial charge in [-0.3, -0.25) is 4.74 Å². The minimum absolute atomic E-state index is 0.684. The maximum atomic E-state index is 14.0. The first-order valence-electron chi connectivity index (χ1n) is 5.44. The van der Waals surface area contributed by atoms with Crippen molar-refractivity contribution in [2.75, 3.05) is 0 Å². The highest BCUT2D eigenvalue weighted by molar-refractivity contribution is 5.22. The van der Waals surface area contributed by atoms with Gasteiger partial charge in [0.2, 0.25) is 0 Å². The summed E-state index contributed by atoms with van der Waals surface area (Å²) in [6, 6.07) is 0. The van der Waals surface area contributed by atoms with E-state index in [0.717, 1.165) is 6.08 Å². The molecule has 0 amide bonds. The number of hydrogen-bond donors (Lipinski definition) is 0. The molecule has 0 aliphatic heterocycles. The minimum Gasteiger partial charge on any atom is -0.271 e. The maximum absolute atomic E-state index is 14.0. The second-order valence-corrected chi connectivity index (χ2v) is 4.79. The average molecular weight is 332 g/mol. The third kappa shape index (κ3) is 1.95. The van der Waals surface area contributed by atoms with Crippen molar-refractivity contribution in [2.24, 2.45) is 11.8 Å². The van der Waals surface area contributed by atoms with Gasteiger partial charge in [-0.1, -0.05) is 12.2 Å². The number of rotatable bonds is 3. The van der Waals surface area contributed by atoms with Gasteiger partial charge < -0.3 is 0 Å².